The fourth-order valence-electron chi connectivity index (χ4n) is 8.63. The van der Waals surface area contributed by atoms with Crippen LogP contribution >= 0.6 is 0 Å². The first-order valence-electron chi connectivity index (χ1n) is 19.5. The van der Waals surface area contributed by atoms with E-state index in [0.717, 1.165) is 45.5 Å². The molecule has 0 spiro atoms. The molecule has 1 aliphatic carbocycles. The third-order valence-corrected chi connectivity index (χ3v) is 11.3. The summed E-state index contributed by atoms with van der Waals surface area (Å²) in [7, 11) is 0. The van der Waals surface area contributed by atoms with Crippen LogP contribution in [0.25, 0.3) is 66.9 Å². The Bertz CT molecular complexity index is 2850. The van der Waals surface area contributed by atoms with Gasteiger partial charge < -0.3 is 4.90 Å². The highest BCUT2D eigenvalue weighted by molar-refractivity contribution is 6.21. The Kier molecular flexibility index (Phi) is 8.65. The minimum Gasteiger partial charge on any atom is -0.317 e. The zero-order valence-corrected chi connectivity index (χ0v) is 31.7. The molecule has 0 saturated carbocycles. The molecule has 2 heterocycles. The lowest BCUT2D eigenvalue weighted by molar-refractivity contribution is 0.739. The summed E-state index contributed by atoms with van der Waals surface area (Å²) in [5.74, 6) is 1.92. The molecule has 272 valence electrons. The number of anilines is 1. The second-order valence-corrected chi connectivity index (χ2v) is 14.6. The lowest BCUT2D eigenvalue weighted by Gasteiger charge is -2.29. The van der Waals surface area contributed by atoms with Gasteiger partial charge in [0, 0.05) is 28.2 Å². The number of benzene rings is 7. The lowest BCUT2D eigenvalue weighted by Crippen LogP contribution is -2.39. The minimum atomic E-state index is 0.0891. The number of fused-ring (bicyclic) bond motifs is 3. The molecule has 2 aliphatic rings. The third-order valence-electron chi connectivity index (χ3n) is 11.3. The van der Waals surface area contributed by atoms with E-state index in [-0.39, 0.29) is 12.1 Å². The van der Waals surface area contributed by atoms with Crippen LogP contribution in [0.1, 0.15) is 17.0 Å². The SMILES string of the molecule is C=C/C=C\c1nc(-c2ccccc2)n(-c2ccc(-c3c4ccccc4c(-c4ccc(N5C(c6ccccc6)=NC6C=CC=CC65)cc4)c4ccccc34)cc2)c1C. The number of aliphatic imine (C=N–C) groups is 1. The van der Waals surface area contributed by atoms with Crippen LogP contribution in [-0.2, 0) is 0 Å². The van der Waals surface area contributed by atoms with Crippen LogP contribution in [0.2, 0.25) is 0 Å². The normalized spacial score (nSPS) is 16.1. The third kappa shape index (κ3) is 5.94. The Morgan fingerprint density at radius 2 is 1.05 bits per heavy atom. The van der Waals surface area contributed by atoms with Crippen molar-refractivity contribution in [3.63, 3.8) is 0 Å². The van der Waals surface area contributed by atoms with Crippen LogP contribution in [0.4, 0.5) is 5.69 Å². The van der Waals surface area contributed by atoms with E-state index < -0.39 is 0 Å². The maximum atomic E-state index is 5.19. The number of rotatable bonds is 8. The Hall–Kier alpha value is -7.30. The van der Waals surface area contributed by atoms with Crippen molar-refractivity contribution < 1.29 is 0 Å². The summed E-state index contributed by atoms with van der Waals surface area (Å²) < 4.78 is 2.25. The first-order valence-corrected chi connectivity index (χ1v) is 19.5. The standard InChI is InChI=1S/C53H40N4/c1-3-4-25-47-36(2)56(52(54-47)39-17-7-5-8-18-39)41-32-28-37(29-33-41)50-43-21-11-13-23-45(43)51(46-24-14-12-22-44(46)50)38-30-34-42(35-31-38)57-49-27-16-15-26-48(49)55-53(57)40-19-9-6-10-20-40/h3-35,48-49H,1H2,2H3/b25-4-. The Labute approximate surface area is 333 Å². The van der Waals surface area contributed by atoms with Gasteiger partial charge in [-0.2, -0.15) is 0 Å². The van der Waals surface area contributed by atoms with Crippen molar-refractivity contribution in [2.45, 2.75) is 19.0 Å². The smallest absolute Gasteiger partial charge is 0.145 e. The van der Waals surface area contributed by atoms with Crippen molar-refractivity contribution in [2.75, 3.05) is 4.90 Å². The van der Waals surface area contributed by atoms with Crippen LogP contribution in [0.3, 0.4) is 0 Å². The summed E-state index contributed by atoms with van der Waals surface area (Å²) in [4.78, 5) is 12.7. The molecular weight excluding hydrogens is 693 g/mol. The fourth-order valence-corrected chi connectivity index (χ4v) is 8.63. The molecule has 1 aliphatic heterocycles. The van der Waals surface area contributed by atoms with Gasteiger partial charge in [-0.3, -0.25) is 9.56 Å². The van der Waals surface area contributed by atoms with E-state index in [1.165, 1.54) is 43.8 Å². The zero-order valence-electron chi connectivity index (χ0n) is 31.7. The summed E-state index contributed by atoms with van der Waals surface area (Å²) in [5, 5.41) is 4.91. The van der Waals surface area contributed by atoms with Gasteiger partial charge in [0.2, 0.25) is 0 Å². The topological polar surface area (TPSA) is 33.4 Å². The van der Waals surface area contributed by atoms with Gasteiger partial charge in [0.15, 0.2) is 0 Å². The summed E-state index contributed by atoms with van der Waals surface area (Å²) in [5.41, 5.74) is 11.2. The Morgan fingerprint density at radius 1 is 0.544 bits per heavy atom. The second kappa shape index (κ2) is 14.4. The maximum Gasteiger partial charge on any atom is 0.145 e. The predicted octanol–water partition coefficient (Wildman–Crippen LogP) is 12.8. The number of nitrogens with zero attached hydrogens (tertiary/aromatic N) is 4. The van der Waals surface area contributed by atoms with Crippen molar-refractivity contribution in [1.29, 1.82) is 0 Å². The highest BCUT2D eigenvalue weighted by atomic mass is 15.3. The number of amidine groups is 1. The van der Waals surface area contributed by atoms with Gasteiger partial charge in [0.1, 0.15) is 11.7 Å². The molecule has 0 amide bonds. The van der Waals surface area contributed by atoms with E-state index in [4.69, 9.17) is 9.98 Å². The highest BCUT2D eigenvalue weighted by Gasteiger charge is 2.35. The van der Waals surface area contributed by atoms with Gasteiger partial charge in [-0.05, 0) is 81.1 Å². The highest BCUT2D eigenvalue weighted by Crippen LogP contribution is 2.44. The van der Waals surface area contributed by atoms with Gasteiger partial charge in [-0.25, -0.2) is 4.98 Å². The first-order chi connectivity index (χ1) is 28.2. The van der Waals surface area contributed by atoms with Crippen LogP contribution in [0.15, 0.2) is 206 Å². The molecule has 4 nitrogen and oxygen atoms in total. The van der Waals surface area contributed by atoms with Crippen molar-refractivity contribution >= 4 is 39.1 Å². The molecule has 2 atom stereocenters. The van der Waals surface area contributed by atoms with Gasteiger partial charge in [0.05, 0.1) is 17.8 Å². The number of hydrogen-bond donors (Lipinski definition) is 0. The van der Waals surface area contributed by atoms with E-state index in [1.807, 2.05) is 18.2 Å². The molecule has 0 fully saturated rings. The van der Waals surface area contributed by atoms with E-state index in [0.29, 0.717) is 0 Å². The van der Waals surface area contributed by atoms with Crippen molar-refractivity contribution in [3.05, 3.63) is 218 Å². The molecule has 57 heavy (non-hydrogen) atoms. The largest absolute Gasteiger partial charge is 0.317 e. The molecule has 8 aromatic rings. The summed E-state index contributed by atoms with van der Waals surface area (Å²) in [6.45, 7) is 6.00. The molecule has 7 aromatic carbocycles. The second-order valence-electron chi connectivity index (χ2n) is 14.6. The van der Waals surface area contributed by atoms with Crippen LogP contribution in [0, 0.1) is 6.92 Å². The van der Waals surface area contributed by atoms with Gasteiger partial charge in [0.25, 0.3) is 0 Å². The molecule has 1 aromatic heterocycles. The summed E-state index contributed by atoms with van der Waals surface area (Å²) in [6.07, 6.45) is 14.5. The summed E-state index contributed by atoms with van der Waals surface area (Å²) in [6, 6.07) is 56.9. The van der Waals surface area contributed by atoms with Crippen molar-refractivity contribution in [3.8, 4) is 39.3 Å². The lowest BCUT2D eigenvalue weighted by atomic mass is 9.86. The monoisotopic (exact) mass is 732 g/mol. The van der Waals surface area contributed by atoms with Crippen molar-refractivity contribution in [2.24, 2.45) is 4.99 Å². The predicted molar refractivity (Wildman–Crippen MR) is 240 cm³/mol. The maximum absolute atomic E-state index is 5.19. The van der Waals surface area contributed by atoms with E-state index in [1.54, 1.807) is 6.08 Å². The average molecular weight is 733 g/mol. The molecule has 10 rings (SSSR count). The molecular formula is C53H40N4. The van der Waals surface area contributed by atoms with Gasteiger partial charge in [-0.15, -0.1) is 0 Å². The molecule has 0 N–H and O–H groups in total. The van der Waals surface area contributed by atoms with Crippen LogP contribution < -0.4 is 4.90 Å². The molecule has 0 bridgehead atoms. The van der Waals surface area contributed by atoms with Gasteiger partial charge >= 0.3 is 0 Å². The summed E-state index contributed by atoms with van der Waals surface area (Å²) >= 11 is 0. The van der Waals surface area contributed by atoms with E-state index in [2.05, 4.69) is 199 Å². The average Bonchev–Trinajstić information content (AvgIpc) is 3.83. The number of hydrogen-bond acceptors (Lipinski definition) is 3. The molecule has 2 unspecified atom stereocenters. The Morgan fingerprint density at radius 3 is 1.61 bits per heavy atom. The fraction of sp³-hybridized carbons (Fsp3) is 0.0566. The number of aromatic nitrogens is 2. The minimum absolute atomic E-state index is 0.0891. The van der Waals surface area contributed by atoms with Crippen molar-refractivity contribution in [1.82, 2.24) is 9.55 Å². The number of imidazole rings is 1. The quantitative estimate of drug-likeness (QED) is 0.115. The molecule has 4 heteroatoms. The van der Waals surface area contributed by atoms with E-state index >= 15 is 0 Å². The number of allylic oxidation sites excluding steroid dienone is 4. The van der Waals surface area contributed by atoms with Crippen LogP contribution in [-0.4, -0.2) is 27.5 Å². The zero-order chi connectivity index (χ0) is 38.3. The first kappa shape index (κ1) is 34.2. The van der Waals surface area contributed by atoms with Crippen LogP contribution in [0.5, 0.6) is 0 Å². The molecule has 0 radical (unpaired) electrons. The van der Waals surface area contributed by atoms with E-state index in [9.17, 15) is 0 Å². The Balaban J connectivity index is 1.07. The molecule has 0 saturated heterocycles. The van der Waals surface area contributed by atoms with Gasteiger partial charge in [-0.1, -0.05) is 176 Å².